The summed E-state index contributed by atoms with van der Waals surface area (Å²) in [7, 11) is 4.46. The minimum Gasteiger partial charge on any atom is -0.460 e. The molecule has 1 saturated carbocycles. The lowest BCUT2D eigenvalue weighted by molar-refractivity contribution is -0.265. The number of hydrogen-bond donors (Lipinski definition) is 7. The summed E-state index contributed by atoms with van der Waals surface area (Å²) in [4.78, 5) is 154. The number of anilines is 3. The van der Waals surface area contributed by atoms with E-state index in [1.54, 1.807) is 59.5 Å². The molecule has 38 nitrogen and oxygen atoms in total. The maximum Gasteiger partial charge on any atom is 0.407 e. The molecule has 1 unspecified atom stereocenters. The van der Waals surface area contributed by atoms with E-state index in [1.165, 1.54) is 43.4 Å². The van der Waals surface area contributed by atoms with Gasteiger partial charge in [-0.15, -0.1) is 0 Å². The van der Waals surface area contributed by atoms with Crippen LogP contribution in [0.25, 0.3) is 33.3 Å². The number of nitrogens with zero attached hydrogens (tertiary/aromatic N) is 13. The number of pyridine rings is 1. The van der Waals surface area contributed by atoms with Crippen LogP contribution in [0.1, 0.15) is 165 Å². The maximum atomic E-state index is 14.9. The third kappa shape index (κ3) is 27.0. The van der Waals surface area contributed by atoms with E-state index in [0.717, 1.165) is 39.7 Å². The maximum absolute atomic E-state index is 14.9. The van der Waals surface area contributed by atoms with Crippen LogP contribution in [-0.4, -0.2) is 303 Å². The fraction of sp³-hybridized carbons (Fsp3) is 0.580. The van der Waals surface area contributed by atoms with Crippen molar-refractivity contribution in [3.05, 3.63) is 149 Å². The first kappa shape index (κ1) is 104. The molecule has 0 spiro atoms. The van der Waals surface area contributed by atoms with Crippen LogP contribution in [0.3, 0.4) is 0 Å². The molecule has 0 radical (unpaired) electrons. The summed E-state index contributed by atoms with van der Waals surface area (Å²) in [5.74, 6) is -8.14. The number of aromatic nitrogens is 10. The number of hydrogen-bond acceptors (Lipinski definition) is 32. The monoisotopic (exact) mass is 1910 g/mol. The van der Waals surface area contributed by atoms with Crippen LogP contribution in [0.4, 0.5) is 22.5 Å². The van der Waals surface area contributed by atoms with Crippen LogP contribution in [0.5, 0.6) is 0 Å². The SMILES string of the molecule is CO[C@H]1C[C@@H]2CC[C@@H](C)[C@@](O)(O2)C(=O)C(=O)N2CCCC[C@H]2C(=O)O[C@H]([C@H](C)C[C@@H]2CC[C@@H](OC(=O)NCc3cnc(N4CCN(c5ncc(C(=O)NCCOCCOCCOCCOCCC(=O)N6CCc7cc(Cn8nc(-c9cnc%10[nH]ccc%10c9)c9c(N)ncnc98)ccc7C6)cn5)CC4CO)nc3)[C@H](OC)C2)CC(=O)[C@H](C)/C=C(\C)[C@@H](O)[C@@H](OC)C(=O)[C@H](C)C[C@H](C)/C=C/C=C/C=C/1C. The number of nitrogens with two attached hydrogens (primary N) is 1. The molecular weight excluding hydrogens is 1780 g/mol. The van der Waals surface area contributed by atoms with Crippen LogP contribution < -0.4 is 26.2 Å². The summed E-state index contributed by atoms with van der Waals surface area (Å²) in [5.41, 5.74) is 14.7. The highest BCUT2D eigenvalue weighted by atomic mass is 16.6. The molecule has 7 aromatic rings. The zero-order chi connectivity index (χ0) is 98.1. The molecule has 2 bridgehead atoms. The second kappa shape index (κ2) is 50.0. The van der Waals surface area contributed by atoms with Gasteiger partial charge in [-0.05, 0) is 142 Å². The molecule has 38 heteroatoms. The van der Waals surface area contributed by atoms with E-state index in [1.807, 2.05) is 88.9 Å². The Labute approximate surface area is 804 Å². The van der Waals surface area contributed by atoms with Crippen LogP contribution >= 0.6 is 0 Å². The van der Waals surface area contributed by atoms with E-state index in [9.17, 15) is 53.7 Å². The number of amides is 4. The van der Waals surface area contributed by atoms with E-state index < -0.39 is 108 Å². The highest BCUT2D eigenvalue weighted by Crippen LogP contribution is 2.40. The van der Waals surface area contributed by atoms with Crippen LogP contribution in [-0.2, 0) is 102 Å². The number of H-pyrrole nitrogens is 1. The molecule has 8 N–H and O–H groups in total. The molecule has 11 heterocycles. The fourth-order valence-corrected chi connectivity index (χ4v) is 19.2. The first-order valence-corrected chi connectivity index (χ1v) is 48.2. The van der Waals surface area contributed by atoms with Gasteiger partial charge >= 0.3 is 12.1 Å². The van der Waals surface area contributed by atoms with Gasteiger partial charge in [-0.1, -0.05) is 89.3 Å². The second-order valence-electron chi connectivity index (χ2n) is 37.2. The van der Waals surface area contributed by atoms with Gasteiger partial charge in [-0.2, -0.15) is 5.10 Å². The van der Waals surface area contributed by atoms with Gasteiger partial charge in [0.2, 0.25) is 23.6 Å². The number of aliphatic hydroxyl groups excluding tert-OH is 2. The van der Waals surface area contributed by atoms with Gasteiger partial charge in [-0.25, -0.2) is 49.2 Å². The van der Waals surface area contributed by atoms with Gasteiger partial charge in [0.1, 0.15) is 59.7 Å². The van der Waals surface area contributed by atoms with Gasteiger partial charge in [0.15, 0.2) is 11.4 Å². The topological polar surface area (TPSA) is 476 Å². The standard InChI is InChI=1S/C100H135N17O21/c1-61-16-12-11-13-17-62(2)81(129-8)48-77-23-19-67(7)100(128,138-77)90(123)95(125)116-30-15-14-18-78(116)96(126)136-82(49-79(119)63(3)43-66(6)88(122)89(131-10)87(121)65(5)42-61)64(4)44-68-21-24-80(83(46-68)130-9)137-99(127)109-52-70-50-105-98(106-51-70)115-33-32-114(58-76(115)59-118)97-107-54-75(55-108-97)94(124)103-29-35-133-37-39-135-41-40-134-38-36-132-34-27-84(120)113-31-26-71-45-69(20-22-73(71)57-113)56-117-93-85(91(101)110-60-111-93)86(112-117)74-47-72-25-28-102-92(72)104-53-74/h11-13,16-17,20,22,25,28,43,45,47,50-51,53-55,60-61,63-65,67-68,76-78,80-83,88-89,118,122,128H,14-15,18-19,21,23-24,26-27,29-42,44,46,48-49,52,56-59H2,1-10H3,(H,102,104)(H,103,124)(H,109,127)(H2,101,110,111)/b13-11+,16-12+,62-17+,66-43+/t61-,63-,64-,65-,67-,68+,76?,77+,78+,80-,81+,82+,83-,88-,89+,100-/m1/s1. The van der Waals surface area contributed by atoms with Crippen molar-refractivity contribution in [2.75, 3.05) is 136 Å². The molecule has 138 heavy (non-hydrogen) atoms. The van der Waals surface area contributed by atoms with E-state index >= 15 is 0 Å². The predicted octanol–water partition coefficient (Wildman–Crippen LogP) is 8.47. The molecule has 16 atom stereocenters. The smallest absolute Gasteiger partial charge is 0.407 e. The summed E-state index contributed by atoms with van der Waals surface area (Å²) >= 11 is 0. The van der Waals surface area contributed by atoms with E-state index in [-0.39, 0.29) is 106 Å². The largest absolute Gasteiger partial charge is 0.460 e. The van der Waals surface area contributed by atoms with Crippen LogP contribution in [0, 0.1) is 35.5 Å². The number of alkyl carbamates (subject to hydrolysis) is 1. The Morgan fingerprint density at radius 1 is 0.725 bits per heavy atom. The number of Topliss-reactive ketones (excluding diaryl/α,β-unsaturated/α-hetero) is 3. The highest BCUT2D eigenvalue weighted by Gasteiger charge is 2.54. The molecule has 13 rings (SSSR count). The minimum absolute atomic E-state index is 0.0237. The van der Waals surface area contributed by atoms with Gasteiger partial charge in [0.25, 0.3) is 17.6 Å². The van der Waals surface area contributed by atoms with E-state index in [2.05, 4.69) is 68.7 Å². The van der Waals surface area contributed by atoms with E-state index in [0.29, 0.717) is 182 Å². The number of ether oxygens (including phenoxy) is 10. The summed E-state index contributed by atoms with van der Waals surface area (Å²) < 4.78 is 60.7. The molecule has 6 aliphatic rings. The summed E-state index contributed by atoms with van der Waals surface area (Å²) in [6.07, 6.45) is 20.9. The number of nitrogens with one attached hydrogen (secondary N) is 3. The Bertz CT molecular complexity index is 5420. The number of carbonyl (C=O) groups is 8. The summed E-state index contributed by atoms with van der Waals surface area (Å²) in [6, 6.07) is 8.63. The third-order valence-electron chi connectivity index (χ3n) is 27.3. The first-order chi connectivity index (χ1) is 66.6. The lowest BCUT2D eigenvalue weighted by Gasteiger charge is -2.42. The molecule has 3 saturated heterocycles. The number of fused-ring (bicyclic) bond motifs is 6. The van der Waals surface area contributed by atoms with Crippen molar-refractivity contribution in [1.29, 1.82) is 0 Å². The quantitative estimate of drug-likeness (QED) is 0.00926. The Hall–Kier alpha value is -11.3. The van der Waals surface area contributed by atoms with Gasteiger partial charge < -0.3 is 104 Å². The number of piperazine rings is 1. The van der Waals surface area contributed by atoms with Gasteiger partial charge in [0.05, 0.1) is 108 Å². The van der Waals surface area contributed by atoms with Crippen molar-refractivity contribution >= 4 is 86.9 Å². The number of carbonyl (C=O) groups excluding carboxylic acids is 8. The van der Waals surface area contributed by atoms with Crippen molar-refractivity contribution in [1.82, 2.24) is 70.1 Å². The minimum atomic E-state index is -2.50. The first-order valence-electron chi connectivity index (χ1n) is 48.2. The molecule has 1 aliphatic carbocycles. The lowest BCUT2D eigenvalue weighted by atomic mass is 9.78. The second-order valence-corrected chi connectivity index (χ2v) is 37.2. The van der Waals surface area contributed by atoms with Crippen LogP contribution in [0.15, 0.2) is 121 Å². The van der Waals surface area contributed by atoms with Crippen molar-refractivity contribution in [2.45, 2.75) is 219 Å². The highest BCUT2D eigenvalue weighted by molar-refractivity contribution is 6.39. The third-order valence-corrected chi connectivity index (χ3v) is 27.3. The number of aromatic amines is 1. The number of cyclic esters (lactones) is 1. The number of nitrogen functional groups attached to an aromatic ring is 1. The fourth-order valence-electron chi connectivity index (χ4n) is 19.2. The molecule has 4 amide bonds. The molecule has 1 aromatic carbocycles. The average Bonchev–Trinajstić information content (AvgIpc) is 1.60. The molecule has 6 aromatic heterocycles. The number of methoxy groups -OCH3 is 3. The van der Waals surface area contributed by atoms with Crippen molar-refractivity contribution in [3.63, 3.8) is 0 Å². The lowest BCUT2D eigenvalue weighted by Crippen LogP contribution is -2.61. The Morgan fingerprint density at radius 3 is 2.21 bits per heavy atom. The number of ketones is 3. The average molecular weight is 1910 g/mol. The number of aliphatic hydroxyl groups is 3. The zero-order valence-electron chi connectivity index (χ0n) is 80.8. The number of allylic oxidation sites excluding steroid dienone is 6. The number of rotatable bonds is 31. The molecule has 4 fully saturated rings. The molecule has 5 aliphatic heterocycles. The van der Waals surface area contributed by atoms with Crippen molar-refractivity contribution in [2.24, 2.45) is 35.5 Å². The normalized spacial score (nSPS) is 26.9. The van der Waals surface area contributed by atoms with Crippen LogP contribution in [0.2, 0.25) is 0 Å². The summed E-state index contributed by atoms with van der Waals surface area (Å²) in [6.45, 7) is 17.9. The van der Waals surface area contributed by atoms with Crippen molar-refractivity contribution < 1.29 is 101 Å². The van der Waals surface area contributed by atoms with Gasteiger partial charge in [-0.3, -0.25) is 28.8 Å². The summed E-state index contributed by atoms with van der Waals surface area (Å²) in [5, 5.41) is 46.7. The number of benzene rings is 1. The number of piperidine rings is 1. The molecular formula is C100H135N17O21. The Balaban J connectivity index is 0.503. The Kier molecular flexibility index (Phi) is 37.7. The predicted molar refractivity (Wildman–Crippen MR) is 510 cm³/mol. The zero-order valence-corrected chi connectivity index (χ0v) is 80.8. The molecule has 746 valence electrons. The number of esters is 1. The van der Waals surface area contributed by atoms with Crippen molar-refractivity contribution in [3.8, 4) is 11.3 Å². The Morgan fingerprint density at radius 2 is 1.47 bits per heavy atom. The van der Waals surface area contributed by atoms with Gasteiger partial charge in [0, 0.05) is 158 Å². The van der Waals surface area contributed by atoms with E-state index in [4.69, 9.17) is 58.2 Å².